The van der Waals surface area contributed by atoms with Crippen molar-refractivity contribution in [2.24, 2.45) is 4.99 Å². The fourth-order valence-corrected chi connectivity index (χ4v) is 2.03. The number of aliphatic imine (C=N–C) groups is 1. The van der Waals surface area contributed by atoms with Crippen LogP contribution >= 0.6 is 0 Å². The highest BCUT2D eigenvalue weighted by atomic mass is 32.2. The molecular weight excluding hydrogens is 250 g/mol. The highest BCUT2D eigenvalue weighted by molar-refractivity contribution is 7.85. The van der Waals surface area contributed by atoms with Crippen molar-refractivity contribution in [1.29, 1.82) is 0 Å². The molecule has 0 amide bonds. The van der Waals surface area contributed by atoms with Gasteiger partial charge in [0.2, 0.25) is 0 Å². The molecule has 0 saturated carbocycles. The van der Waals surface area contributed by atoms with Gasteiger partial charge in [0, 0.05) is 11.8 Å². The Balaban J connectivity index is 2.19. The first kappa shape index (κ1) is 12.7. The second-order valence-corrected chi connectivity index (χ2v) is 5.46. The molecule has 1 N–H and O–H groups in total. The average molecular weight is 263 g/mol. The third kappa shape index (κ3) is 3.38. The summed E-state index contributed by atoms with van der Waals surface area (Å²) in [6.07, 6.45) is 1.63. The molecule has 0 saturated heterocycles. The maximum atomic E-state index is 10.5. The summed E-state index contributed by atoms with van der Waals surface area (Å²) in [5.41, 5.74) is 0.934. The molecule has 0 unspecified atom stereocenters. The Morgan fingerprint density at radius 3 is 2.61 bits per heavy atom. The molecule has 0 spiro atoms. The number of hydrogen-bond donors (Lipinski definition) is 1. The van der Waals surface area contributed by atoms with E-state index in [1.807, 2.05) is 42.5 Å². The van der Waals surface area contributed by atoms with Crippen LogP contribution < -0.4 is 0 Å². The predicted molar refractivity (Wildman–Crippen MR) is 72.8 cm³/mol. The van der Waals surface area contributed by atoms with E-state index in [1.165, 1.54) is 0 Å². The first-order valence-corrected chi connectivity index (χ1v) is 7.10. The molecule has 18 heavy (non-hydrogen) atoms. The Kier molecular flexibility index (Phi) is 3.74. The Labute approximate surface area is 106 Å². The summed E-state index contributed by atoms with van der Waals surface area (Å²) in [6.45, 7) is 0.0576. The van der Waals surface area contributed by atoms with Gasteiger partial charge < -0.3 is 0 Å². The van der Waals surface area contributed by atoms with Gasteiger partial charge in [-0.3, -0.25) is 9.55 Å². The molecule has 2 aromatic carbocycles. The third-order valence-corrected chi connectivity index (χ3v) is 3.23. The first-order chi connectivity index (χ1) is 8.56. The number of hydrogen-bond acceptors (Lipinski definition) is 3. The summed E-state index contributed by atoms with van der Waals surface area (Å²) < 4.78 is 29.7. The second-order valence-electron chi connectivity index (χ2n) is 3.89. The van der Waals surface area contributed by atoms with Gasteiger partial charge >= 0.3 is 0 Å². The lowest BCUT2D eigenvalue weighted by molar-refractivity contribution is 0.483. The summed E-state index contributed by atoms with van der Waals surface area (Å²) >= 11 is 0. The van der Waals surface area contributed by atoms with E-state index in [1.54, 1.807) is 6.21 Å². The molecule has 2 aromatic rings. The van der Waals surface area contributed by atoms with Crippen molar-refractivity contribution >= 4 is 27.1 Å². The maximum Gasteiger partial charge on any atom is 0.266 e. The summed E-state index contributed by atoms with van der Waals surface area (Å²) in [4.78, 5) is 4.01. The van der Waals surface area contributed by atoms with Crippen LogP contribution in [0.3, 0.4) is 0 Å². The third-order valence-electron chi connectivity index (χ3n) is 2.53. The van der Waals surface area contributed by atoms with E-state index in [2.05, 4.69) is 4.99 Å². The molecule has 5 heteroatoms. The van der Waals surface area contributed by atoms with Crippen LogP contribution in [0, 0.1) is 0 Å². The zero-order valence-electron chi connectivity index (χ0n) is 9.65. The summed E-state index contributed by atoms with van der Waals surface area (Å²) in [7, 11) is -3.93. The highest BCUT2D eigenvalue weighted by Crippen LogP contribution is 2.16. The van der Waals surface area contributed by atoms with Crippen LogP contribution in [0.25, 0.3) is 10.8 Å². The molecule has 0 aliphatic heterocycles. The van der Waals surface area contributed by atoms with Gasteiger partial charge in [0.25, 0.3) is 10.1 Å². The minimum Gasteiger partial charge on any atom is -0.291 e. The fourth-order valence-electron chi connectivity index (χ4n) is 1.69. The van der Waals surface area contributed by atoms with Crippen LogP contribution in [0.15, 0.2) is 47.5 Å². The molecule has 0 radical (unpaired) electrons. The number of nitrogens with zero attached hydrogens (tertiary/aromatic N) is 1. The van der Waals surface area contributed by atoms with Crippen LogP contribution in [-0.4, -0.2) is 31.5 Å². The fraction of sp³-hybridized carbons (Fsp3) is 0.154. The zero-order chi connectivity index (χ0) is 13.0. The lowest BCUT2D eigenvalue weighted by atomic mass is 10.1. The average Bonchev–Trinajstić information content (AvgIpc) is 2.33. The molecule has 4 nitrogen and oxygen atoms in total. The van der Waals surface area contributed by atoms with E-state index in [-0.39, 0.29) is 12.3 Å². The topological polar surface area (TPSA) is 66.7 Å². The van der Waals surface area contributed by atoms with Gasteiger partial charge in [-0.05, 0) is 10.8 Å². The predicted octanol–water partition coefficient (Wildman–Crippen LogP) is 2.15. The number of fused-ring (bicyclic) bond motifs is 1. The van der Waals surface area contributed by atoms with E-state index < -0.39 is 10.1 Å². The van der Waals surface area contributed by atoms with Crippen molar-refractivity contribution in [2.45, 2.75) is 0 Å². The molecule has 0 aromatic heterocycles. The monoisotopic (exact) mass is 263 g/mol. The smallest absolute Gasteiger partial charge is 0.266 e. The quantitative estimate of drug-likeness (QED) is 0.679. The highest BCUT2D eigenvalue weighted by Gasteiger charge is 2.02. The minimum absolute atomic E-state index is 0.0576. The van der Waals surface area contributed by atoms with Crippen LogP contribution in [-0.2, 0) is 10.1 Å². The van der Waals surface area contributed by atoms with E-state index in [0.717, 1.165) is 16.3 Å². The van der Waals surface area contributed by atoms with E-state index in [0.29, 0.717) is 0 Å². The molecule has 0 aliphatic rings. The van der Waals surface area contributed by atoms with Crippen LogP contribution in [0.1, 0.15) is 5.56 Å². The van der Waals surface area contributed by atoms with Crippen LogP contribution in [0.4, 0.5) is 0 Å². The van der Waals surface area contributed by atoms with Gasteiger partial charge in [-0.25, -0.2) is 0 Å². The molecule has 0 bridgehead atoms. The van der Waals surface area contributed by atoms with Crippen molar-refractivity contribution in [1.82, 2.24) is 0 Å². The lowest BCUT2D eigenvalue weighted by Crippen LogP contribution is -2.06. The van der Waals surface area contributed by atoms with Crippen molar-refractivity contribution in [3.63, 3.8) is 0 Å². The Hall–Kier alpha value is -1.72. The van der Waals surface area contributed by atoms with Gasteiger partial charge in [-0.15, -0.1) is 0 Å². The van der Waals surface area contributed by atoms with Gasteiger partial charge in [-0.1, -0.05) is 42.5 Å². The zero-order valence-corrected chi connectivity index (χ0v) is 10.5. The lowest BCUT2D eigenvalue weighted by Gasteiger charge is -2.01. The van der Waals surface area contributed by atoms with Crippen LogP contribution in [0.2, 0.25) is 0 Å². The summed E-state index contributed by atoms with van der Waals surface area (Å²) in [6, 6.07) is 13.7. The molecule has 0 fully saturated rings. The van der Waals surface area contributed by atoms with Crippen LogP contribution in [0.5, 0.6) is 0 Å². The molecular formula is C13H13NO3S. The largest absolute Gasteiger partial charge is 0.291 e. The summed E-state index contributed by atoms with van der Waals surface area (Å²) in [5.74, 6) is -0.353. The maximum absolute atomic E-state index is 10.5. The number of rotatable bonds is 4. The molecule has 2 rings (SSSR count). The van der Waals surface area contributed by atoms with Gasteiger partial charge in [0.15, 0.2) is 0 Å². The minimum atomic E-state index is -3.93. The van der Waals surface area contributed by atoms with Gasteiger partial charge in [-0.2, -0.15) is 8.42 Å². The van der Waals surface area contributed by atoms with Crippen molar-refractivity contribution < 1.29 is 13.0 Å². The SMILES string of the molecule is O=S(=O)(O)CC/N=C\c1cccc2ccccc12. The number of benzene rings is 2. The molecule has 0 heterocycles. The first-order valence-electron chi connectivity index (χ1n) is 5.49. The van der Waals surface area contributed by atoms with E-state index >= 15 is 0 Å². The van der Waals surface area contributed by atoms with E-state index in [4.69, 9.17) is 4.55 Å². The standard InChI is InChI=1S/C13H13NO3S/c15-18(16,17)9-8-14-10-12-6-3-5-11-4-1-2-7-13(11)12/h1-7,10H,8-9H2,(H,15,16,17)/b14-10-. The molecule has 0 aliphatic carbocycles. The molecule has 0 atom stereocenters. The van der Waals surface area contributed by atoms with Crippen molar-refractivity contribution in [3.8, 4) is 0 Å². The van der Waals surface area contributed by atoms with Gasteiger partial charge in [0.05, 0.1) is 12.3 Å². The van der Waals surface area contributed by atoms with E-state index in [9.17, 15) is 8.42 Å². The summed E-state index contributed by atoms with van der Waals surface area (Å²) in [5, 5.41) is 2.17. The Morgan fingerprint density at radius 1 is 1.11 bits per heavy atom. The van der Waals surface area contributed by atoms with Gasteiger partial charge in [0.1, 0.15) is 0 Å². The Bertz CT molecular complexity index is 672. The molecule has 94 valence electrons. The Morgan fingerprint density at radius 2 is 1.83 bits per heavy atom. The normalized spacial score (nSPS) is 12.3. The second kappa shape index (κ2) is 5.29. The van der Waals surface area contributed by atoms with Crippen molar-refractivity contribution in [2.75, 3.05) is 12.3 Å². The van der Waals surface area contributed by atoms with Crippen molar-refractivity contribution in [3.05, 3.63) is 48.0 Å².